The predicted octanol–water partition coefficient (Wildman–Crippen LogP) is 2.18. The van der Waals surface area contributed by atoms with E-state index in [2.05, 4.69) is 5.32 Å². The summed E-state index contributed by atoms with van der Waals surface area (Å²) in [6.45, 7) is 5.40. The molecule has 154 valence electrons. The molecule has 2 aliphatic rings. The normalized spacial score (nSPS) is 18.0. The van der Waals surface area contributed by atoms with Crippen LogP contribution in [0.5, 0.6) is 11.5 Å². The quantitative estimate of drug-likeness (QED) is 0.748. The Morgan fingerprint density at radius 1 is 1.29 bits per heavy atom. The number of para-hydroxylation sites is 1. The summed E-state index contributed by atoms with van der Waals surface area (Å²) in [6, 6.07) is 5.58. The fraction of sp³-hybridized carbons (Fsp3) is 0.550. The van der Waals surface area contributed by atoms with Crippen molar-refractivity contribution in [1.82, 2.24) is 9.62 Å². The van der Waals surface area contributed by atoms with Crippen molar-refractivity contribution in [3.05, 3.63) is 29.3 Å². The van der Waals surface area contributed by atoms with Gasteiger partial charge >= 0.3 is 0 Å². The van der Waals surface area contributed by atoms with Crippen molar-refractivity contribution in [2.45, 2.75) is 39.2 Å². The summed E-state index contributed by atoms with van der Waals surface area (Å²) in [7, 11) is -3.17. The van der Waals surface area contributed by atoms with Gasteiger partial charge in [0.25, 0.3) is 5.91 Å². The monoisotopic (exact) mass is 408 g/mol. The van der Waals surface area contributed by atoms with Gasteiger partial charge in [-0.1, -0.05) is 19.1 Å². The van der Waals surface area contributed by atoms with E-state index in [9.17, 15) is 13.2 Å². The summed E-state index contributed by atoms with van der Waals surface area (Å²) in [6.07, 6.45) is 3.68. The second kappa shape index (κ2) is 8.96. The first-order chi connectivity index (χ1) is 13.4. The third kappa shape index (κ3) is 4.67. The van der Waals surface area contributed by atoms with Crippen LogP contribution in [-0.2, 0) is 14.8 Å². The highest BCUT2D eigenvalue weighted by atomic mass is 32.2. The lowest BCUT2D eigenvalue weighted by atomic mass is 10.0. The Balaban J connectivity index is 1.60. The summed E-state index contributed by atoms with van der Waals surface area (Å²) in [4.78, 5) is 12.6. The molecule has 1 N–H and O–H groups in total. The van der Waals surface area contributed by atoms with E-state index in [-0.39, 0.29) is 24.3 Å². The molecule has 2 aliphatic heterocycles. The molecule has 1 amide bonds. The Bertz CT molecular complexity index is 842. The van der Waals surface area contributed by atoms with Crippen molar-refractivity contribution in [3.63, 3.8) is 0 Å². The van der Waals surface area contributed by atoms with E-state index in [4.69, 9.17) is 9.47 Å². The molecule has 0 unspecified atom stereocenters. The van der Waals surface area contributed by atoms with E-state index >= 15 is 0 Å². The number of sulfonamides is 1. The van der Waals surface area contributed by atoms with E-state index in [1.54, 1.807) is 0 Å². The van der Waals surface area contributed by atoms with Gasteiger partial charge in [-0.05, 0) is 38.3 Å². The fourth-order valence-electron chi connectivity index (χ4n) is 3.52. The van der Waals surface area contributed by atoms with Crippen molar-refractivity contribution in [3.8, 4) is 11.5 Å². The van der Waals surface area contributed by atoms with Crippen molar-refractivity contribution < 1.29 is 22.7 Å². The maximum Gasteiger partial charge on any atom is 0.250 e. The molecule has 1 saturated heterocycles. The van der Waals surface area contributed by atoms with Gasteiger partial charge in [0.05, 0.1) is 17.9 Å². The molecule has 8 heteroatoms. The van der Waals surface area contributed by atoms with E-state index in [1.807, 2.05) is 38.1 Å². The second-order valence-electron chi connectivity index (χ2n) is 7.03. The minimum absolute atomic E-state index is 0.0300. The number of ether oxygens (including phenoxy) is 2. The molecular formula is C20H28N2O5S. The lowest BCUT2D eigenvalue weighted by molar-refractivity contribution is -0.118. The Labute approximate surface area is 166 Å². The zero-order valence-corrected chi connectivity index (χ0v) is 17.3. The fourth-order valence-corrected chi connectivity index (χ4v) is 5.07. The van der Waals surface area contributed by atoms with Crippen molar-refractivity contribution in [2.24, 2.45) is 0 Å². The van der Waals surface area contributed by atoms with Gasteiger partial charge in [-0.25, -0.2) is 12.7 Å². The molecule has 2 heterocycles. The molecule has 1 aromatic carbocycles. The number of piperidine rings is 1. The van der Waals surface area contributed by atoms with Gasteiger partial charge in [0.15, 0.2) is 11.5 Å². The number of carbonyl (C=O) groups is 1. The predicted molar refractivity (Wildman–Crippen MR) is 108 cm³/mol. The molecule has 1 fully saturated rings. The number of hydrogen-bond acceptors (Lipinski definition) is 5. The minimum atomic E-state index is -3.17. The van der Waals surface area contributed by atoms with Crippen LogP contribution in [0.3, 0.4) is 0 Å². The van der Waals surface area contributed by atoms with Crippen LogP contribution in [0.25, 0.3) is 6.08 Å². The summed E-state index contributed by atoms with van der Waals surface area (Å²) in [5.41, 5.74) is 1.38. The highest BCUT2D eigenvalue weighted by molar-refractivity contribution is 7.89. The summed E-state index contributed by atoms with van der Waals surface area (Å²) in [5.74, 6) is 1.35. The Kier molecular flexibility index (Phi) is 6.61. The lowest BCUT2D eigenvalue weighted by Gasteiger charge is -2.32. The standard InChI is InChI=1S/C20H28N2O5S/c1-3-12-28(24,25)22-10-8-17(9-11-22)21-20(23)16-13-15-6-5-7-18(26-4-2)19(15)27-14-16/h5-7,13,17H,3-4,8-12,14H2,1-2H3,(H,21,23). The highest BCUT2D eigenvalue weighted by Gasteiger charge is 2.29. The molecule has 0 spiro atoms. The second-order valence-corrected chi connectivity index (χ2v) is 9.12. The molecule has 0 radical (unpaired) electrons. The van der Waals surface area contributed by atoms with E-state index in [1.165, 1.54) is 4.31 Å². The Morgan fingerprint density at radius 2 is 2.04 bits per heavy atom. The molecule has 0 atom stereocenters. The van der Waals surface area contributed by atoms with Crippen LogP contribution < -0.4 is 14.8 Å². The number of benzene rings is 1. The average Bonchev–Trinajstić information content (AvgIpc) is 2.68. The molecule has 0 bridgehead atoms. The molecule has 28 heavy (non-hydrogen) atoms. The molecule has 0 aromatic heterocycles. The van der Waals surface area contributed by atoms with Gasteiger partial charge in [-0.15, -0.1) is 0 Å². The van der Waals surface area contributed by atoms with E-state index in [0.717, 1.165) is 5.56 Å². The summed E-state index contributed by atoms with van der Waals surface area (Å²) in [5, 5.41) is 3.02. The third-order valence-corrected chi connectivity index (χ3v) is 7.02. The number of amides is 1. The first-order valence-electron chi connectivity index (χ1n) is 9.82. The van der Waals surface area contributed by atoms with Crippen LogP contribution in [0.1, 0.15) is 38.7 Å². The van der Waals surface area contributed by atoms with E-state index in [0.29, 0.717) is 56.0 Å². The highest BCUT2D eigenvalue weighted by Crippen LogP contribution is 2.35. The zero-order chi connectivity index (χ0) is 20.1. The SMILES string of the molecule is CCCS(=O)(=O)N1CCC(NC(=O)C2=Cc3cccc(OCC)c3OC2)CC1. The van der Waals surface area contributed by atoms with Gasteiger partial charge in [-0.3, -0.25) is 4.79 Å². The van der Waals surface area contributed by atoms with Gasteiger partial charge in [0, 0.05) is 24.7 Å². The first kappa shape index (κ1) is 20.7. The third-order valence-electron chi connectivity index (χ3n) is 4.95. The lowest BCUT2D eigenvalue weighted by Crippen LogP contribution is -2.47. The van der Waals surface area contributed by atoms with E-state index < -0.39 is 10.0 Å². The van der Waals surface area contributed by atoms with Gasteiger partial charge in [0.1, 0.15) is 6.61 Å². The average molecular weight is 409 g/mol. The number of carbonyl (C=O) groups excluding carboxylic acids is 1. The van der Waals surface area contributed by atoms with Crippen LogP contribution in [0.4, 0.5) is 0 Å². The number of nitrogens with zero attached hydrogens (tertiary/aromatic N) is 1. The van der Waals surface area contributed by atoms with Crippen LogP contribution in [-0.4, -0.2) is 56.7 Å². The minimum Gasteiger partial charge on any atom is -0.490 e. The zero-order valence-electron chi connectivity index (χ0n) is 16.4. The number of fused-ring (bicyclic) bond motifs is 1. The molecular weight excluding hydrogens is 380 g/mol. The largest absolute Gasteiger partial charge is 0.490 e. The topological polar surface area (TPSA) is 84.9 Å². The summed E-state index contributed by atoms with van der Waals surface area (Å²) >= 11 is 0. The maximum absolute atomic E-state index is 12.6. The van der Waals surface area contributed by atoms with Crippen LogP contribution in [0, 0.1) is 0 Å². The van der Waals surface area contributed by atoms with Crippen LogP contribution in [0.15, 0.2) is 23.8 Å². The van der Waals surface area contributed by atoms with Crippen molar-refractivity contribution in [2.75, 3.05) is 32.1 Å². The molecule has 0 saturated carbocycles. The Morgan fingerprint density at radius 3 is 2.71 bits per heavy atom. The van der Waals surface area contributed by atoms with Gasteiger partial charge in [0.2, 0.25) is 10.0 Å². The Hall–Kier alpha value is -2.06. The molecule has 7 nitrogen and oxygen atoms in total. The van der Waals surface area contributed by atoms with Gasteiger partial charge < -0.3 is 14.8 Å². The first-order valence-corrected chi connectivity index (χ1v) is 11.4. The van der Waals surface area contributed by atoms with Crippen molar-refractivity contribution >= 4 is 22.0 Å². The smallest absolute Gasteiger partial charge is 0.250 e. The molecule has 0 aliphatic carbocycles. The summed E-state index contributed by atoms with van der Waals surface area (Å²) < 4.78 is 37.2. The van der Waals surface area contributed by atoms with Crippen molar-refractivity contribution in [1.29, 1.82) is 0 Å². The number of rotatable bonds is 7. The molecule has 1 aromatic rings. The number of hydrogen-bond donors (Lipinski definition) is 1. The molecule has 3 rings (SSSR count). The van der Waals surface area contributed by atoms with Crippen LogP contribution in [0.2, 0.25) is 0 Å². The maximum atomic E-state index is 12.6. The number of nitrogens with one attached hydrogen (secondary N) is 1. The van der Waals surface area contributed by atoms with Gasteiger partial charge in [-0.2, -0.15) is 0 Å². The van der Waals surface area contributed by atoms with Crippen LogP contribution >= 0.6 is 0 Å².